The van der Waals surface area contributed by atoms with Crippen molar-refractivity contribution in [3.63, 3.8) is 0 Å². The number of hydrogen-bond acceptors (Lipinski definition) is 6. The molecule has 1 heterocycles. The fraction of sp³-hybridized carbons (Fsp3) is 0.292. The van der Waals surface area contributed by atoms with Gasteiger partial charge in [0.2, 0.25) is 0 Å². The van der Waals surface area contributed by atoms with Crippen molar-refractivity contribution < 1.29 is 19.0 Å². The second-order valence-corrected chi connectivity index (χ2v) is 10.3. The third-order valence-corrected chi connectivity index (χ3v) is 6.42. The van der Waals surface area contributed by atoms with Crippen LogP contribution < -0.4 is 11.1 Å². The van der Waals surface area contributed by atoms with Gasteiger partial charge in [0.1, 0.15) is 6.10 Å². The Kier molecular flexibility index (Phi) is 7.80. The summed E-state index contributed by atoms with van der Waals surface area (Å²) in [5.74, 6) is -0.276. The first kappa shape index (κ1) is 24.1. The van der Waals surface area contributed by atoms with Crippen molar-refractivity contribution in [2.45, 2.75) is 38.4 Å². The number of carbonyl (C=O) groups excluding carboxylic acids is 1. The SMILES string of the molecule is C[P+](=O)OC(CCC(C)(C)O)c1ccc(C(=O)Nc2cc(-c3cccs3)ccc2N)cc1. The summed E-state index contributed by atoms with van der Waals surface area (Å²) in [4.78, 5) is 13.9. The zero-order valence-corrected chi connectivity index (χ0v) is 20.1. The van der Waals surface area contributed by atoms with E-state index in [0.29, 0.717) is 29.8 Å². The van der Waals surface area contributed by atoms with E-state index in [1.807, 2.05) is 29.6 Å². The number of hydrogen-bond donors (Lipinski definition) is 3. The van der Waals surface area contributed by atoms with Crippen molar-refractivity contribution in [1.29, 1.82) is 0 Å². The summed E-state index contributed by atoms with van der Waals surface area (Å²) in [5.41, 5.74) is 8.52. The van der Waals surface area contributed by atoms with Crippen LogP contribution in [0.3, 0.4) is 0 Å². The largest absolute Gasteiger partial charge is 0.505 e. The summed E-state index contributed by atoms with van der Waals surface area (Å²) in [6.45, 7) is 4.95. The summed E-state index contributed by atoms with van der Waals surface area (Å²) < 4.78 is 17.2. The predicted octanol–water partition coefficient (Wildman–Crippen LogP) is 6.23. The first-order valence-corrected chi connectivity index (χ1v) is 12.8. The molecule has 1 amide bonds. The number of thiophene rings is 1. The molecule has 0 aliphatic carbocycles. The van der Waals surface area contributed by atoms with Crippen molar-refractivity contribution in [2.24, 2.45) is 0 Å². The minimum Gasteiger partial charge on any atom is -0.397 e. The molecule has 3 rings (SSSR count). The van der Waals surface area contributed by atoms with Crippen molar-refractivity contribution in [1.82, 2.24) is 0 Å². The number of benzene rings is 2. The molecule has 1 aromatic heterocycles. The van der Waals surface area contributed by atoms with E-state index in [1.165, 1.54) is 6.66 Å². The van der Waals surface area contributed by atoms with Crippen LogP contribution in [0.15, 0.2) is 60.0 Å². The third-order valence-electron chi connectivity index (χ3n) is 4.95. The zero-order valence-electron chi connectivity index (χ0n) is 18.4. The lowest BCUT2D eigenvalue weighted by atomic mass is 9.96. The summed E-state index contributed by atoms with van der Waals surface area (Å²) in [5, 5.41) is 14.9. The molecule has 0 spiro atoms. The number of nitrogens with one attached hydrogen (secondary N) is 1. The van der Waals surface area contributed by atoms with Gasteiger partial charge in [-0.25, -0.2) is 0 Å². The predicted molar refractivity (Wildman–Crippen MR) is 131 cm³/mol. The highest BCUT2D eigenvalue weighted by atomic mass is 32.1. The molecule has 0 fully saturated rings. The Bertz CT molecular complexity index is 1080. The number of anilines is 2. The summed E-state index contributed by atoms with van der Waals surface area (Å²) in [6, 6.07) is 16.5. The topological polar surface area (TPSA) is 102 Å². The first-order valence-electron chi connectivity index (χ1n) is 10.3. The van der Waals surface area contributed by atoms with Crippen LogP contribution in [0, 0.1) is 0 Å². The minimum absolute atomic E-state index is 0.276. The fourth-order valence-corrected chi connectivity index (χ4v) is 4.56. The zero-order chi connectivity index (χ0) is 23.3. The van der Waals surface area contributed by atoms with E-state index in [9.17, 15) is 14.5 Å². The molecule has 0 saturated heterocycles. The van der Waals surface area contributed by atoms with E-state index in [0.717, 1.165) is 16.0 Å². The molecule has 0 bridgehead atoms. The van der Waals surface area contributed by atoms with Gasteiger partial charge in [-0.1, -0.05) is 24.3 Å². The second-order valence-electron chi connectivity index (χ2n) is 8.24. The Balaban J connectivity index is 1.74. The van der Waals surface area contributed by atoms with E-state index in [-0.39, 0.29) is 5.91 Å². The Morgan fingerprint density at radius 1 is 1.22 bits per heavy atom. The lowest BCUT2D eigenvalue weighted by Crippen LogP contribution is -2.19. The van der Waals surface area contributed by atoms with Crippen LogP contribution in [0.5, 0.6) is 0 Å². The van der Waals surface area contributed by atoms with E-state index >= 15 is 0 Å². The number of nitrogen functional groups attached to an aromatic ring is 1. The van der Waals surface area contributed by atoms with Crippen LogP contribution in [0.4, 0.5) is 11.4 Å². The van der Waals surface area contributed by atoms with Crippen LogP contribution in [-0.4, -0.2) is 23.3 Å². The smallest absolute Gasteiger partial charge is 0.397 e. The summed E-state index contributed by atoms with van der Waals surface area (Å²) in [7, 11) is -1.81. The highest BCUT2D eigenvalue weighted by molar-refractivity contribution is 7.38. The molecule has 3 aromatic rings. The van der Waals surface area contributed by atoms with Gasteiger partial charge in [0.25, 0.3) is 5.91 Å². The second kappa shape index (κ2) is 10.4. The van der Waals surface area contributed by atoms with Crippen molar-refractivity contribution in [2.75, 3.05) is 17.7 Å². The minimum atomic E-state index is -1.81. The fourth-order valence-electron chi connectivity index (χ4n) is 3.25. The van der Waals surface area contributed by atoms with Gasteiger partial charge in [0.15, 0.2) is 6.66 Å². The number of rotatable bonds is 9. The molecule has 32 heavy (non-hydrogen) atoms. The van der Waals surface area contributed by atoms with E-state index < -0.39 is 19.7 Å². The normalized spacial score (nSPS) is 12.9. The molecule has 2 aromatic carbocycles. The van der Waals surface area contributed by atoms with Crippen molar-refractivity contribution in [3.8, 4) is 10.4 Å². The maximum Gasteiger partial charge on any atom is 0.505 e. The highest BCUT2D eigenvalue weighted by Crippen LogP contribution is 2.34. The van der Waals surface area contributed by atoms with E-state index in [4.69, 9.17) is 10.3 Å². The maximum atomic E-state index is 12.8. The van der Waals surface area contributed by atoms with Gasteiger partial charge in [0.05, 0.1) is 17.0 Å². The Labute approximate surface area is 193 Å². The van der Waals surface area contributed by atoms with Crippen LogP contribution >= 0.6 is 19.4 Å². The molecule has 6 nitrogen and oxygen atoms in total. The lowest BCUT2D eigenvalue weighted by Gasteiger charge is -2.19. The van der Waals surface area contributed by atoms with Gasteiger partial charge in [-0.05, 0) is 78.1 Å². The monoisotopic (exact) mass is 471 g/mol. The first-order chi connectivity index (χ1) is 15.1. The number of carbonyl (C=O) groups is 1. The van der Waals surface area contributed by atoms with Gasteiger partial charge in [-0.3, -0.25) is 4.79 Å². The van der Waals surface area contributed by atoms with Gasteiger partial charge < -0.3 is 16.2 Å². The van der Waals surface area contributed by atoms with Crippen LogP contribution in [0.25, 0.3) is 10.4 Å². The maximum absolute atomic E-state index is 12.8. The Hall–Kier alpha value is -2.57. The lowest BCUT2D eigenvalue weighted by molar-refractivity contribution is 0.0542. The number of nitrogens with two attached hydrogens (primary N) is 1. The van der Waals surface area contributed by atoms with Crippen molar-refractivity contribution >= 4 is 36.6 Å². The van der Waals surface area contributed by atoms with Gasteiger partial charge in [-0.2, -0.15) is 0 Å². The van der Waals surface area contributed by atoms with Gasteiger partial charge in [-0.15, -0.1) is 15.9 Å². The summed E-state index contributed by atoms with van der Waals surface area (Å²) >= 11 is 1.62. The molecule has 2 atom stereocenters. The molecule has 4 N–H and O–H groups in total. The van der Waals surface area contributed by atoms with Crippen LogP contribution in [0.2, 0.25) is 0 Å². The van der Waals surface area contributed by atoms with E-state index in [1.54, 1.807) is 55.5 Å². The Morgan fingerprint density at radius 2 is 1.94 bits per heavy atom. The standard InChI is InChI=1S/C24H27N2O4PS/c1-24(2,28)13-12-21(30-31(3)29)16-6-8-17(9-7-16)23(27)26-20-15-18(10-11-19(20)25)22-5-4-14-32-22/h4-11,14-15,21,28H,12-13,25H2,1-3H3/p+1. The molecular formula is C24H28N2O4PS+. The molecule has 0 aliphatic heterocycles. The molecule has 0 radical (unpaired) electrons. The molecule has 168 valence electrons. The van der Waals surface area contributed by atoms with Gasteiger partial charge in [0, 0.05) is 10.4 Å². The average Bonchev–Trinajstić information content (AvgIpc) is 3.27. The molecule has 2 unspecified atom stereocenters. The quantitative estimate of drug-likeness (QED) is 0.254. The Morgan fingerprint density at radius 3 is 2.53 bits per heavy atom. The molecular weight excluding hydrogens is 443 g/mol. The molecule has 0 aliphatic rings. The third kappa shape index (κ3) is 6.71. The summed E-state index contributed by atoms with van der Waals surface area (Å²) in [6.07, 6.45) is 0.573. The van der Waals surface area contributed by atoms with Gasteiger partial charge >= 0.3 is 8.03 Å². The average molecular weight is 472 g/mol. The van der Waals surface area contributed by atoms with Crippen LogP contribution in [0.1, 0.15) is 48.7 Å². The van der Waals surface area contributed by atoms with Crippen LogP contribution in [-0.2, 0) is 9.09 Å². The molecule has 0 saturated carbocycles. The number of aliphatic hydroxyl groups is 1. The number of amides is 1. The van der Waals surface area contributed by atoms with E-state index in [2.05, 4.69) is 5.32 Å². The molecule has 8 heteroatoms. The van der Waals surface area contributed by atoms with Crippen molar-refractivity contribution in [3.05, 3.63) is 71.1 Å². The highest BCUT2D eigenvalue weighted by Gasteiger charge is 2.25.